The van der Waals surface area contributed by atoms with Crippen molar-refractivity contribution in [3.63, 3.8) is 0 Å². The second-order valence-electron chi connectivity index (χ2n) is 4.88. The summed E-state index contributed by atoms with van der Waals surface area (Å²) in [4.78, 5) is 11.0. The highest BCUT2D eigenvalue weighted by molar-refractivity contribution is 5.59. The fraction of sp³-hybridized carbons (Fsp3) is 0.786. The molecule has 2 unspecified atom stereocenters. The summed E-state index contributed by atoms with van der Waals surface area (Å²) in [5.74, 6) is 1.35. The molecule has 0 N–H and O–H groups in total. The maximum Gasteiger partial charge on any atom is 0.508 e. The molecule has 3 heteroatoms. The van der Waals surface area contributed by atoms with E-state index in [1.807, 2.05) is 0 Å². The third-order valence-corrected chi connectivity index (χ3v) is 3.54. The monoisotopic (exact) mass is 240 g/mol. The maximum atomic E-state index is 11.0. The standard InChI is InChI=1S/C14H24O3/c1-4-16-14(15)17-10-9-12(3)13-7-5-11(2)6-8-13/h5,12-13H,4,6-10H2,1-3H3. The summed E-state index contributed by atoms with van der Waals surface area (Å²) in [6.45, 7) is 7.07. The highest BCUT2D eigenvalue weighted by atomic mass is 16.7. The molecule has 0 aromatic carbocycles. The lowest BCUT2D eigenvalue weighted by atomic mass is 9.80. The summed E-state index contributed by atoms with van der Waals surface area (Å²) in [5, 5.41) is 0. The van der Waals surface area contributed by atoms with E-state index in [1.165, 1.54) is 24.8 Å². The molecule has 0 bridgehead atoms. The predicted molar refractivity (Wildman–Crippen MR) is 67.9 cm³/mol. The van der Waals surface area contributed by atoms with Crippen LogP contribution >= 0.6 is 0 Å². The molecule has 0 aliphatic heterocycles. The molecule has 3 nitrogen and oxygen atoms in total. The van der Waals surface area contributed by atoms with Gasteiger partial charge in [0.25, 0.3) is 0 Å². The number of hydrogen-bond acceptors (Lipinski definition) is 3. The smallest absolute Gasteiger partial charge is 0.435 e. The normalized spacial score (nSPS) is 21.6. The van der Waals surface area contributed by atoms with Crippen LogP contribution in [0.25, 0.3) is 0 Å². The van der Waals surface area contributed by atoms with Crippen molar-refractivity contribution in [3.8, 4) is 0 Å². The van der Waals surface area contributed by atoms with Crippen molar-refractivity contribution in [1.29, 1.82) is 0 Å². The molecule has 0 amide bonds. The average Bonchev–Trinajstić information content (AvgIpc) is 2.30. The molecule has 0 saturated carbocycles. The van der Waals surface area contributed by atoms with Crippen LogP contribution in [0, 0.1) is 11.8 Å². The van der Waals surface area contributed by atoms with E-state index in [-0.39, 0.29) is 0 Å². The van der Waals surface area contributed by atoms with Crippen molar-refractivity contribution in [1.82, 2.24) is 0 Å². The van der Waals surface area contributed by atoms with Gasteiger partial charge in [0.15, 0.2) is 0 Å². The van der Waals surface area contributed by atoms with Crippen molar-refractivity contribution in [2.24, 2.45) is 11.8 Å². The molecule has 0 saturated heterocycles. The van der Waals surface area contributed by atoms with Gasteiger partial charge in [0.05, 0.1) is 13.2 Å². The van der Waals surface area contributed by atoms with Gasteiger partial charge in [0.2, 0.25) is 0 Å². The van der Waals surface area contributed by atoms with Crippen LogP contribution in [0.15, 0.2) is 11.6 Å². The third-order valence-electron chi connectivity index (χ3n) is 3.54. The molecule has 17 heavy (non-hydrogen) atoms. The van der Waals surface area contributed by atoms with E-state index in [1.54, 1.807) is 6.92 Å². The molecule has 0 radical (unpaired) electrons. The Hall–Kier alpha value is -0.990. The SMILES string of the molecule is CCOC(=O)OCCC(C)C1CC=C(C)CC1. The summed E-state index contributed by atoms with van der Waals surface area (Å²) in [6, 6.07) is 0. The second-order valence-corrected chi connectivity index (χ2v) is 4.88. The quantitative estimate of drug-likeness (QED) is 0.539. The summed E-state index contributed by atoms with van der Waals surface area (Å²) < 4.78 is 9.70. The van der Waals surface area contributed by atoms with Crippen molar-refractivity contribution in [3.05, 3.63) is 11.6 Å². The first-order valence-electron chi connectivity index (χ1n) is 6.58. The Labute approximate surface area is 104 Å². The van der Waals surface area contributed by atoms with Gasteiger partial charge in [0, 0.05) is 0 Å². The van der Waals surface area contributed by atoms with Crippen LogP contribution in [0.5, 0.6) is 0 Å². The number of rotatable bonds is 5. The lowest BCUT2D eigenvalue weighted by Crippen LogP contribution is -2.17. The zero-order valence-corrected chi connectivity index (χ0v) is 11.2. The number of hydrogen-bond donors (Lipinski definition) is 0. The number of ether oxygens (including phenoxy) is 2. The molecule has 1 aliphatic carbocycles. The minimum atomic E-state index is -0.543. The fourth-order valence-corrected chi connectivity index (χ4v) is 2.23. The van der Waals surface area contributed by atoms with E-state index >= 15 is 0 Å². The number of allylic oxidation sites excluding steroid dienone is 2. The van der Waals surface area contributed by atoms with Crippen LogP contribution in [0.3, 0.4) is 0 Å². The highest BCUT2D eigenvalue weighted by Gasteiger charge is 2.19. The Kier molecular flexibility index (Phi) is 6.09. The van der Waals surface area contributed by atoms with E-state index in [0.717, 1.165) is 12.3 Å². The van der Waals surface area contributed by atoms with Crippen LogP contribution in [0.2, 0.25) is 0 Å². The van der Waals surface area contributed by atoms with Gasteiger partial charge in [-0.1, -0.05) is 18.6 Å². The fourth-order valence-electron chi connectivity index (χ4n) is 2.23. The largest absolute Gasteiger partial charge is 0.508 e. The van der Waals surface area contributed by atoms with Gasteiger partial charge in [-0.15, -0.1) is 0 Å². The van der Waals surface area contributed by atoms with Gasteiger partial charge >= 0.3 is 6.16 Å². The van der Waals surface area contributed by atoms with E-state index in [4.69, 9.17) is 9.47 Å². The van der Waals surface area contributed by atoms with Gasteiger partial charge in [-0.05, 0) is 51.4 Å². The molecule has 1 aliphatic rings. The zero-order valence-electron chi connectivity index (χ0n) is 11.2. The summed E-state index contributed by atoms with van der Waals surface area (Å²) in [5.41, 5.74) is 1.51. The Bertz CT molecular complexity index is 271. The molecular formula is C14H24O3. The first-order chi connectivity index (χ1) is 8.13. The molecule has 0 fully saturated rings. The molecular weight excluding hydrogens is 216 g/mol. The molecule has 2 atom stereocenters. The van der Waals surface area contributed by atoms with Crippen LogP contribution in [0.1, 0.15) is 46.5 Å². The molecule has 0 aromatic rings. The van der Waals surface area contributed by atoms with Crippen molar-refractivity contribution >= 4 is 6.16 Å². The summed E-state index contributed by atoms with van der Waals surface area (Å²) >= 11 is 0. The third kappa shape index (κ3) is 5.24. The molecule has 0 aromatic heterocycles. The predicted octanol–water partition coefficient (Wildman–Crippen LogP) is 3.93. The van der Waals surface area contributed by atoms with Gasteiger partial charge in [0.1, 0.15) is 0 Å². The van der Waals surface area contributed by atoms with E-state index in [0.29, 0.717) is 19.1 Å². The highest BCUT2D eigenvalue weighted by Crippen LogP contribution is 2.30. The molecule has 98 valence electrons. The maximum absolute atomic E-state index is 11.0. The average molecular weight is 240 g/mol. The number of carbonyl (C=O) groups is 1. The molecule has 1 rings (SSSR count). The molecule has 0 heterocycles. The molecule has 0 spiro atoms. The summed E-state index contributed by atoms with van der Waals surface area (Å²) in [6.07, 6.45) is 6.38. The summed E-state index contributed by atoms with van der Waals surface area (Å²) in [7, 11) is 0. The van der Waals surface area contributed by atoms with E-state index in [2.05, 4.69) is 19.9 Å². The minimum Gasteiger partial charge on any atom is -0.435 e. The van der Waals surface area contributed by atoms with Gasteiger partial charge in [-0.2, -0.15) is 0 Å². The van der Waals surface area contributed by atoms with Gasteiger partial charge < -0.3 is 9.47 Å². The van der Waals surface area contributed by atoms with E-state index in [9.17, 15) is 4.79 Å². The second kappa shape index (κ2) is 7.36. The van der Waals surface area contributed by atoms with Gasteiger partial charge in [-0.25, -0.2) is 4.79 Å². The Balaban J connectivity index is 2.17. The first kappa shape index (κ1) is 14.1. The zero-order chi connectivity index (χ0) is 12.7. The Morgan fingerprint density at radius 3 is 2.88 bits per heavy atom. The lowest BCUT2D eigenvalue weighted by molar-refractivity contribution is 0.0532. The van der Waals surface area contributed by atoms with Crippen LogP contribution < -0.4 is 0 Å². The topological polar surface area (TPSA) is 35.5 Å². The van der Waals surface area contributed by atoms with Crippen LogP contribution in [0.4, 0.5) is 4.79 Å². The Morgan fingerprint density at radius 1 is 1.53 bits per heavy atom. The minimum absolute atomic E-state index is 0.376. The number of carbonyl (C=O) groups excluding carboxylic acids is 1. The van der Waals surface area contributed by atoms with Crippen molar-refractivity contribution in [2.75, 3.05) is 13.2 Å². The van der Waals surface area contributed by atoms with Crippen molar-refractivity contribution < 1.29 is 14.3 Å². The van der Waals surface area contributed by atoms with Gasteiger partial charge in [-0.3, -0.25) is 0 Å². The van der Waals surface area contributed by atoms with Crippen molar-refractivity contribution in [2.45, 2.75) is 46.5 Å². The van der Waals surface area contributed by atoms with Crippen LogP contribution in [-0.4, -0.2) is 19.4 Å². The first-order valence-corrected chi connectivity index (χ1v) is 6.58. The van der Waals surface area contributed by atoms with E-state index < -0.39 is 6.16 Å². The lowest BCUT2D eigenvalue weighted by Gasteiger charge is -2.26. The van der Waals surface area contributed by atoms with Crippen LogP contribution in [-0.2, 0) is 9.47 Å². The Morgan fingerprint density at radius 2 is 2.29 bits per heavy atom.